The van der Waals surface area contributed by atoms with Crippen molar-refractivity contribution in [2.24, 2.45) is 0 Å². The van der Waals surface area contributed by atoms with E-state index in [0.29, 0.717) is 0 Å². The van der Waals surface area contributed by atoms with Crippen molar-refractivity contribution in [2.45, 2.75) is 39.2 Å². The number of allylic oxidation sites excluding steroid dienone is 1. The van der Waals surface area contributed by atoms with Gasteiger partial charge in [-0.05, 0) is 39.9 Å². The predicted octanol–water partition coefficient (Wildman–Crippen LogP) is 4.43. The van der Waals surface area contributed by atoms with Gasteiger partial charge in [-0.15, -0.1) is 0 Å². The Morgan fingerprint density at radius 2 is 2.06 bits per heavy atom. The van der Waals surface area contributed by atoms with E-state index in [1.165, 1.54) is 40.6 Å². The second kappa shape index (κ2) is 5.53. The van der Waals surface area contributed by atoms with Gasteiger partial charge in [-0.1, -0.05) is 44.0 Å². The fourth-order valence-corrected chi connectivity index (χ4v) is 2.81. The monoisotopic (exact) mass is 279 g/mol. The second-order valence-electron chi connectivity index (χ2n) is 4.26. The zero-order valence-corrected chi connectivity index (χ0v) is 11.3. The van der Waals surface area contributed by atoms with Crippen LogP contribution in [0.3, 0.4) is 0 Å². The van der Waals surface area contributed by atoms with Gasteiger partial charge in [-0.25, -0.2) is 0 Å². The Kier molecular flexibility index (Phi) is 4.05. The van der Waals surface area contributed by atoms with Crippen LogP contribution in [0.15, 0.2) is 30.0 Å². The molecule has 86 valence electrons. The number of hydrogen-bond acceptors (Lipinski definition) is 1. The quantitative estimate of drug-likeness (QED) is 0.804. The first kappa shape index (κ1) is 11.7. The summed E-state index contributed by atoms with van der Waals surface area (Å²) in [4.78, 5) is 0. The normalized spacial score (nSPS) is 14.6. The predicted molar refractivity (Wildman–Crippen MR) is 73.3 cm³/mol. The molecule has 16 heavy (non-hydrogen) atoms. The van der Waals surface area contributed by atoms with Gasteiger partial charge in [0, 0.05) is 16.7 Å². The van der Waals surface area contributed by atoms with E-state index in [1.807, 2.05) is 0 Å². The lowest BCUT2D eigenvalue weighted by atomic mass is 10.0. The number of halogens is 1. The number of fused-ring (bicyclic) bond motifs is 1. The summed E-state index contributed by atoms with van der Waals surface area (Å²) in [6.45, 7) is 3.21. The van der Waals surface area contributed by atoms with Crippen LogP contribution < -0.4 is 5.32 Å². The topological polar surface area (TPSA) is 12.0 Å². The van der Waals surface area contributed by atoms with Gasteiger partial charge in [0.15, 0.2) is 0 Å². The van der Waals surface area contributed by atoms with Crippen LogP contribution in [0.25, 0.3) is 4.48 Å². The number of unbranched alkanes of at least 4 members (excludes halogenated alkanes) is 2. The lowest BCUT2D eigenvalue weighted by Gasteiger charge is -2.22. The van der Waals surface area contributed by atoms with Crippen LogP contribution in [0, 0.1) is 0 Å². The molecule has 0 radical (unpaired) electrons. The van der Waals surface area contributed by atoms with Crippen molar-refractivity contribution in [3.8, 4) is 0 Å². The van der Waals surface area contributed by atoms with Gasteiger partial charge < -0.3 is 5.32 Å². The van der Waals surface area contributed by atoms with E-state index in [1.54, 1.807) is 0 Å². The molecule has 1 aliphatic heterocycles. The van der Waals surface area contributed by atoms with Gasteiger partial charge in [-0.2, -0.15) is 0 Å². The maximum Gasteiger partial charge on any atom is 0.0440 e. The first-order chi connectivity index (χ1) is 7.83. The third-order valence-electron chi connectivity index (χ3n) is 3.04. The molecule has 1 nitrogen and oxygen atoms in total. The Labute approximate surface area is 106 Å². The summed E-state index contributed by atoms with van der Waals surface area (Å²) in [5, 5.41) is 3.52. The van der Waals surface area contributed by atoms with Gasteiger partial charge >= 0.3 is 0 Å². The zero-order chi connectivity index (χ0) is 11.4. The maximum atomic E-state index is 3.72. The molecular weight excluding hydrogens is 262 g/mol. The van der Waals surface area contributed by atoms with Crippen LogP contribution in [-0.4, -0.2) is 0 Å². The first-order valence-electron chi connectivity index (χ1n) is 6.03. The standard InChI is InChI=1S/C14H18BrN/c1-2-3-4-9-13-14(15)12-8-6-5-7-11(12)10-16-13/h5-8,16H,2-4,9-10H2,1H3. The molecule has 0 fully saturated rings. The fraction of sp³-hybridized carbons (Fsp3) is 0.429. The second-order valence-corrected chi connectivity index (χ2v) is 5.05. The van der Waals surface area contributed by atoms with Crippen molar-refractivity contribution in [3.63, 3.8) is 0 Å². The van der Waals surface area contributed by atoms with Gasteiger partial charge in [-0.3, -0.25) is 0 Å². The molecular formula is C14H18BrN. The minimum absolute atomic E-state index is 0.965. The highest BCUT2D eigenvalue weighted by Crippen LogP contribution is 2.32. The molecule has 1 N–H and O–H groups in total. The van der Waals surface area contributed by atoms with Crippen molar-refractivity contribution in [1.29, 1.82) is 0 Å². The van der Waals surface area contributed by atoms with E-state index in [2.05, 4.69) is 52.4 Å². The molecule has 0 saturated heterocycles. The summed E-state index contributed by atoms with van der Waals surface area (Å²) >= 11 is 3.72. The van der Waals surface area contributed by atoms with Crippen molar-refractivity contribution in [3.05, 3.63) is 41.1 Å². The Bertz CT molecular complexity index is 395. The molecule has 1 aromatic carbocycles. The molecule has 1 aliphatic rings. The van der Waals surface area contributed by atoms with E-state index in [4.69, 9.17) is 0 Å². The molecule has 2 heteroatoms. The Morgan fingerprint density at radius 3 is 2.88 bits per heavy atom. The molecule has 0 bridgehead atoms. The fourth-order valence-electron chi connectivity index (χ4n) is 2.08. The molecule has 2 rings (SSSR count). The number of nitrogens with one attached hydrogen (secondary N) is 1. The summed E-state index contributed by atoms with van der Waals surface area (Å²) < 4.78 is 1.26. The summed E-state index contributed by atoms with van der Waals surface area (Å²) in [5.41, 5.74) is 4.11. The molecule has 0 aromatic heterocycles. The molecule has 0 spiro atoms. The van der Waals surface area contributed by atoms with Crippen molar-refractivity contribution >= 4 is 20.4 Å². The highest BCUT2D eigenvalue weighted by molar-refractivity contribution is 9.15. The maximum absolute atomic E-state index is 3.72. The average molecular weight is 280 g/mol. The van der Waals surface area contributed by atoms with Crippen LogP contribution in [-0.2, 0) is 6.54 Å². The largest absolute Gasteiger partial charge is 0.383 e. The molecule has 0 aliphatic carbocycles. The third kappa shape index (κ3) is 2.49. The van der Waals surface area contributed by atoms with Crippen LogP contribution in [0.1, 0.15) is 43.7 Å². The van der Waals surface area contributed by atoms with Gasteiger partial charge in [0.2, 0.25) is 0 Å². The lowest BCUT2D eigenvalue weighted by molar-refractivity contribution is 0.664. The number of rotatable bonds is 4. The van der Waals surface area contributed by atoms with Crippen molar-refractivity contribution in [1.82, 2.24) is 5.32 Å². The van der Waals surface area contributed by atoms with Crippen LogP contribution in [0.5, 0.6) is 0 Å². The summed E-state index contributed by atoms with van der Waals surface area (Å²) in [5.74, 6) is 0. The highest BCUT2D eigenvalue weighted by Gasteiger charge is 2.15. The summed E-state index contributed by atoms with van der Waals surface area (Å²) in [6.07, 6.45) is 5.02. The number of benzene rings is 1. The van der Waals surface area contributed by atoms with E-state index < -0.39 is 0 Å². The van der Waals surface area contributed by atoms with Gasteiger partial charge in [0.25, 0.3) is 0 Å². The average Bonchev–Trinajstić information content (AvgIpc) is 2.33. The third-order valence-corrected chi connectivity index (χ3v) is 3.95. The first-order valence-corrected chi connectivity index (χ1v) is 6.83. The van der Waals surface area contributed by atoms with Gasteiger partial charge in [0.05, 0.1) is 0 Å². The Hall–Kier alpha value is -0.760. The molecule has 0 atom stereocenters. The van der Waals surface area contributed by atoms with Gasteiger partial charge in [0.1, 0.15) is 0 Å². The van der Waals surface area contributed by atoms with E-state index in [9.17, 15) is 0 Å². The smallest absolute Gasteiger partial charge is 0.0440 e. The zero-order valence-electron chi connectivity index (χ0n) is 9.72. The molecule has 0 unspecified atom stereocenters. The SMILES string of the molecule is CCCCCC1=C(Br)c2ccccc2CN1. The van der Waals surface area contributed by atoms with E-state index in [-0.39, 0.29) is 0 Å². The number of hydrogen-bond donors (Lipinski definition) is 1. The van der Waals surface area contributed by atoms with Crippen molar-refractivity contribution in [2.75, 3.05) is 0 Å². The van der Waals surface area contributed by atoms with Crippen molar-refractivity contribution < 1.29 is 0 Å². The Morgan fingerprint density at radius 1 is 1.25 bits per heavy atom. The van der Waals surface area contributed by atoms with Crippen LogP contribution >= 0.6 is 15.9 Å². The van der Waals surface area contributed by atoms with E-state index in [0.717, 1.165) is 13.0 Å². The molecule has 0 saturated carbocycles. The summed E-state index contributed by atoms with van der Waals surface area (Å²) in [7, 11) is 0. The summed E-state index contributed by atoms with van der Waals surface area (Å²) in [6, 6.07) is 8.59. The van der Waals surface area contributed by atoms with E-state index >= 15 is 0 Å². The minimum atomic E-state index is 0.965. The lowest BCUT2D eigenvalue weighted by Crippen LogP contribution is -2.19. The minimum Gasteiger partial charge on any atom is -0.383 e. The van der Waals surface area contributed by atoms with Crippen LogP contribution in [0.2, 0.25) is 0 Å². The molecule has 0 amide bonds. The Balaban J connectivity index is 2.15. The van der Waals surface area contributed by atoms with Crippen LogP contribution in [0.4, 0.5) is 0 Å². The highest BCUT2D eigenvalue weighted by atomic mass is 79.9. The molecule has 1 heterocycles. The molecule has 1 aromatic rings.